The largest absolute Gasteiger partial charge is 0.365 e. The molecule has 0 radical (unpaired) electrons. The van der Waals surface area contributed by atoms with E-state index in [1.54, 1.807) is 0 Å². The second-order valence-electron chi connectivity index (χ2n) is 7.51. The lowest BCUT2D eigenvalue weighted by Gasteiger charge is -2.39. The lowest BCUT2D eigenvalue weighted by atomic mass is 9.94. The Morgan fingerprint density at radius 3 is 2.81 bits per heavy atom. The van der Waals surface area contributed by atoms with Gasteiger partial charge < -0.3 is 14.2 Å². The van der Waals surface area contributed by atoms with Crippen molar-refractivity contribution in [3.05, 3.63) is 28.7 Å². The highest BCUT2D eigenvalue weighted by Crippen LogP contribution is 2.38. The van der Waals surface area contributed by atoms with Crippen LogP contribution in [0.1, 0.15) is 66.7 Å². The van der Waals surface area contributed by atoms with Crippen LogP contribution in [0.5, 0.6) is 0 Å². The van der Waals surface area contributed by atoms with Gasteiger partial charge in [0, 0.05) is 31.1 Å². The molecule has 1 unspecified atom stereocenters. The fraction of sp³-hybridized carbons (Fsp3) is 0.667. The molecule has 0 spiro atoms. The molecule has 1 N–H and O–H groups in total. The molecular weight excluding hydrogens is 334 g/mol. The summed E-state index contributed by atoms with van der Waals surface area (Å²) in [4.78, 5) is 18.6. The molecule has 2 aromatic heterocycles. The van der Waals surface area contributed by atoms with Gasteiger partial charge in [0.2, 0.25) is 5.91 Å². The van der Waals surface area contributed by atoms with Gasteiger partial charge in [-0.2, -0.15) is 10.1 Å². The van der Waals surface area contributed by atoms with E-state index in [1.807, 2.05) is 18.7 Å². The van der Waals surface area contributed by atoms with E-state index in [-0.39, 0.29) is 17.9 Å². The van der Waals surface area contributed by atoms with E-state index in [2.05, 4.69) is 27.3 Å². The highest BCUT2D eigenvalue weighted by molar-refractivity contribution is 5.78. The van der Waals surface area contributed by atoms with Crippen LogP contribution in [0.25, 0.3) is 0 Å². The van der Waals surface area contributed by atoms with Gasteiger partial charge in [0.05, 0.1) is 11.8 Å². The minimum Gasteiger partial charge on any atom is -0.365 e. The number of likely N-dealkylation sites (tertiary alicyclic amines) is 1. The molecular formula is C18H25N5O3. The van der Waals surface area contributed by atoms with Crippen LogP contribution >= 0.6 is 0 Å². The van der Waals surface area contributed by atoms with Gasteiger partial charge in [0.1, 0.15) is 6.61 Å². The lowest BCUT2D eigenvalue weighted by Crippen LogP contribution is -2.54. The third-order valence-corrected chi connectivity index (χ3v) is 5.23. The number of nitrogens with one attached hydrogen (secondary N) is 1. The number of aromatic amines is 1. The van der Waals surface area contributed by atoms with Crippen molar-refractivity contribution in [3.63, 3.8) is 0 Å². The average Bonchev–Trinajstić information content (AvgIpc) is 3.21. The van der Waals surface area contributed by atoms with Crippen LogP contribution < -0.4 is 0 Å². The molecule has 0 bridgehead atoms. The second kappa shape index (κ2) is 6.83. The first kappa shape index (κ1) is 17.2. The third kappa shape index (κ3) is 3.51. The van der Waals surface area contributed by atoms with Gasteiger partial charge in [-0.05, 0) is 38.2 Å². The molecule has 26 heavy (non-hydrogen) atoms. The first-order valence-corrected chi connectivity index (χ1v) is 9.24. The van der Waals surface area contributed by atoms with Crippen molar-refractivity contribution in [2.45, 2.75) is 64.6 Å². The van der Waals surface area contributed by atoms with Crippen molar-refractivity contribution in [2.24, 2.45) is 0 Å². The molecule has 2 aromatic rings. The first-order valence-electron chi connectivity index (χ1n) is 9.24. The van der Waals surface area contributed by atoms with Crippen LogP contribution in [-0.4, -0.2) is 50.3 Å². The van der Waals surface area contributed by atoms with E-state index >= 15 is 0 Å². The molecule has 1 aliphatic carbocycles. The summed E-state index contributed by atoms with van der Waals surface area (Å²) in [6, 6.07) is 0. The summed E-state index contributed by atoms with van der Waals surface area (Å²) in [7, 11) is 0. The number of nitrogens with zero attached hydrogens (tertiary/aromatic N) is 4. The number of aryl methyl sites for hydroxylation is 2. The number of carbonyl (C=O) groups excluding carboxylic acids is 1. The number of H-pyrrole nitrogens is 1. The van der Waals surface area contributed by atoms with Crippen molar-refractivity contribution in [3.8, 4) is 0 Å². The summed E-state index contributed by atoms with van der Waals surface area (Å²) in [6.45, 7) is 7.60. The molecule has 1 aliphatic heterocycles. The van der Waals surface area contributed by atoms with Gasteiger partial charge in [-0.3, -0.25) is 9.89 Å². The smallest absolute Gasteiger partial charge is 0.252 e. The van der Waals surface area contributed by atoms with E-state index < -0.39 is 0 Å². The van der Waals surface area contributed by atoms with Crippen molar-refractivity contribution in [1.82, 2.24) is 25.2 Å². The Hall–Kier alpha value is -2.22. The Morgan fingerprint density at radius 2 is 2.15 bits per heavy atom. The molecule has 3 heterocycles. The summed E-state index contributed by atoms with van der Waals surface area (Å²) in [5, 5.41) is 11.2. The highest BCUT2D eigenvalue weighted by Gasteiger charge is 2.33. The monoisotopic (exact) mass is 359 g/mol. The van der Waals surface area contributed by atoms with Gasteiger partial charge in [0.15, 0.2) is 5.82 Å². The van der Waals surface area contributed by atoms with E-state index in [9.17, 15) is 4.79 Å². The third-order valence-electron chi connectivity index (χ3n) is 5.23. The summed E-state index contributed by atoms with van der Waals surface area (Å²) < 4.78 is 11.0. The number of hydrogen-bond acceptors (Lipinski definition) is 6. The fourth-order valence-electron chi connectivity index (χ4n) is 3.55. The SMILES string of the molecule is Cc1n[nH]c(C)c1C(C)CC(=O)N1CC(OCc2nc(C3CC3)no2)C1. The number of aromatic nitrogens is 4. The molecule has 4 rings (SSSR count). The van der Waals surface area contributed by atoms with Crippen LogP contribution in [0.4, 0.5) is 0 Å². The molecule has 1 saturated carbocycles. The van der Waals surface area contributed by atoms with Crippen molar-refractivity contribution < 1.29 is 14.1 Å². The van der Waals surface area contributed by atoms with Crippen molar-refractivity contribution >= 4 is 5.91 Å². The van der Waals surface area contributed by atoms with Gasteiger partial charge in [0.25, 0.3) is 5.89 Å². The van der Waals surface area contributed by atoms with E-state index in [0.717, 1.165) is 35.6 Å². The van der Waals surface area contributed by atoms with Crippen LogP contribution in [0.2, 0.25) is 0 Å². The number of amides is 1. The number of ether oxygens (including phenoxy) is 1. The maximum absolute atomic E-state index is 12.5. The molecule has 2 fully saturated rings. The second-order valence-corrected chi connectivity index (χ2v) is 7.51. The van der Waals surface area contributed by atoms with Crippen molar-refractivity contribution in [2.75, 3.05) is 13.1 Å². The molecule has 1 saturated heterocycles. The minimum atomic E-state index is 0.0444. The van der Waals surface area contributed by atoms with Gasteiger partial charge in [-0.15, -0.1) is 0 Å². The minimum absolute atomic E-state index is 0.0444. The first-order chi connectivity index (χ1) is 12.5. The van der Waals surface area contributed by atoms with Crippen LogP contribution in [-0.2, 0) is 16.1 Å². The quantitative estimate of drug-likeness (QED) is 0.814. The number of rotatable bonds is 7. The van der Waals surface area contributed by atoms with Gasteiger partial charge >= 0.3 is 0 Å². The Kier molecular flexibility index (Phi) is 4.52. The molecule has 0 aromatic carbocycles. The van der Waals surface area contributed by atoms with E-state index in [4.69, 9.17) is 9.26 Å². The van der Waals surface area contributed by atoms with Gasteiger partial charge in [-0.25, -0.2) is 0 Å². The van der Waals surface area contributed by atoms with Crippen LogP contribution in [0, 0.1) is 13.8 Å². The predicted molar refractivity (Wildman–Crippen MR) is 92.5 cm³/mol. The van der Waals surface area contributed by atoms with Crippen molar-refractivity contribution in [1.29, 1.82) is 0 Å². The van der Waals surface area contributed by atoms with Crippen LogP contribution in [0.15, 0.2) is 4.52 Å². The normalized spacial score (nSPS) is 18.8. The Labute approximate surface area is 152 Å². The van der Waals surface area contributed by atoms with E-state index in [0.29, 0.717) is 37.9 Å². The molecule has 1 amide bonds. The summed E-state index contributed by atoms with van der Waals surface area (Å²) >= 11 is 0. The Balaban J connectivity index is 1.20. The molecule has 8 nitrogen and oxygen atoms in total. The molecule has 140 valence electrons. The lowest BCUT2D eigenvalue weighted by molar-refractivity contribution is -0.146. The predicted octanol–water partition coefficient (Wildman–Crippen LogP) is 2.21. The zero-order valence-corrected chi connectivity index (χ0v) is 15.5. The Bertz CT molecular complexity index is 769. The average molecular weight is 359 g/mol. The summed E-state index contributed by atoms with van der Waals surface area (Å²) in [6.07, 6.45) is 2.83. The Morgan fingerprint density at radius 1 is 1.38 bits per heavy atom. The standard InChI is InChI=1S/C18H25N5O3/c1-10(17-11(2)20-21-12(17)3)6-16(24)23-7-14(8-23)25-9-15-19-18(22-26-15)13-4-5-13/h10,13-14H,4-9H2,1-3H3,(H,20,21). The summed E-state index contributed by atoms with van der Waals surface area (Å²) in [5.74, 6) is 2.12. The zero-order chi connectivity index (χ0) is 18.3. The maximum atomic E-state index is 12.5. The number of hydrogen-bond donors (Lipinski definition) is 1. The molecule has 2 aliphatic rings. The molecule has 8 heteroatoms. The van der Waals surface area contributed by atoms with Crippen LogP contribution in [0.3, 0.4) is 0 Å². The topological polar surface area (TPSA) is 97.1 Å². The zero-order valence-electron chi connectivity index (χ0n) is 15.5. The van der Waals surface area contributed by atoms with E-state index in [1.165, 1.54) is 0 Å². The highest BCUT2D eigenvalue weighted by atomic mass is 16.5. The summed E-state index contributed by atoms with van der Waals surface area (Å²) in [5.41, 5.74) is 3.16. The van der Waals surface area contributed by atoms with Gasteiger partial charge in [-0.1, -0.05) is 12.1 Å². The fourth-order valence-corrected chi connectivity index (χ4v) is 3.55. The maximum Gasteiger partial charge on any atom is 0.252 e. The number of carbonyl (C=O) groups is 1. The molecule has 1 atom stereocenters.